The summed E-state index contributed by atoms with van der Waals surface area (Å²) in [6, 6.07) is 7.60. The first-order valence-electron chi connectivity index (χ1n) is 6.84. The summed E-state index contributed by atoms with van der Waals surface area (Å²) >= 11 is 23.7. The largest absolute Gasteiger partial charge is 0.322 e. The quantitative estimate of drug-likeness (QED) is 0.711. The van der Waals surface area contributed by atoms with Crippen LogP contribution in [0.15, 0.2) is 41.3 Å². The molecule has 0 aromatic heterocycles. The van der Waals surface area contributed by atoms with Gasteiger partial charge in [0.25, 0.3) is 0 Å². The second-order valence-corrected chi connectivity index (χ2v) is 8.34. The Kier molecular flexibility index (Phi) is 6.59. The standard InChI is InChI=1S/C15H12Cl4N2O3S/c1-8(15(22)20-14-11(18)3-2-4-12(14)19)21-25(23,24)13-7-9(16)5-6-10(13)17/h2-8,21H,1H3,(H,20,22)/t8-/m1/s1. The average molecular weight is 442 g/mol. The summed E-state index contributed by atoms with van der Waals surface area (Å²) in [6.45, 7) is 1.37. The van der Waals surface area contributed by atoms with Crippen LogP contribution in [0.25, 0.3) is 0 Å². The number of benzene rings is 2. The van der Waals surface area contributed by atoms with E-state index in [1.54, 1.807) is 18.2 Å². The number of carbonyl (C=O) groups excluding carboxylic acids is 1. The smallest absolute Gasteiger partial charge is 0.242 e. The van der Waals surface area contributed by atoms with Crippen LogP contribution in [0.1, 0.15) is 6.92 Å². The number of sulfonamides is 1. The zero-order chi connectivity index (χ0) is 18.8. The van der Waals surface area contributed by atoms with Crippen LogP contribution in [0, 0.1) is 0 Å². The van der Waals surface area contributed by atoms with Crippen molar-refractivity contribution >= 4 is 68.0 Å². The molecule has 2 aromatic rings. The van der Waals surface area contributed by atoms with Gasteiger partial charge in [0.1, 0.15) is 4.90 Å². The molecule has 0 unspecified atom stereocenters. The zero-order valence-corrected chi connectivity index (χ0v) is 16.5. The van der Waals surface area contributed by atoms with Gasteiger partial charge in [0.15, 0.2) is 0 Å². The first kappa shape index (κ1) is 20.3. The highest BCUT2D eigenvalue weighted by molar-refractivity contribution is 7.89. The molecule has 2 N–H and O–H groups in total. The minimum Gasteiger partial charge on any atom is -0.322 e. The number of hydrogen-bond acceptors (Lipinski definition) is 3. The van der Waals surface area contributed by atoms with Gasteiger partial charge in [-0.1, -0.05) is 52.5 Å². The van der Waals surface area contributed by atoms with Gasteiger partial charge >= 0.3 is 0 Å². The van der Waals surface area contributed by atoms with E-state index in [0.717, 1.165) is 0 Å². The summed E-state index contributed by atoms with van der Waals surface area (Å²) in [6.07, 6.45) is 0. The lowest BCUT2D eigenvalue weighted by atomic mass is 10.3. The zero-order valence-electron chi connectivity index (χ0n) is 12.7. The van der Waals surface area contributed by atoms with Crippen molar-refractivity contribution in [3.63, 3.8) is 0 Å². The third kappa shape index (κ3) is 5.00. The fourth-order valence-electron chi connectivity index (χ4n) is 1.88. The van der Waals surface area contributed by atoms with Gasteiger partial charge in [0.05, 0.1) is 26.8 Å². The third-order valence-electron chi connectivity index (χ3n) is 3.12. The fraction of sp³-hybridized carbons (Fsp3) is 0.133. The number of carbonyl (C=O) groups is 1. The van der Waals surface area contributed by atoms with E-state index >= 15 is 0 Å². The summed E-state index contributed by atoms with van der Waals surface area (Å²) in [7, 11) is -4.06. The molecule has 2 rings (SSSR count). The van der Waals surface area contributed by atoms with Crippen LogP contribution in [-0.4, -0.2) is 20.4 Å². The number of hydrogen-bond donors (Lipinski definition) is 2. The predicted octanol–water partition coefficient (Wildman–Crippen LogP) is 4.61. The van der Waals surface area contributed by atoms with Crippen LogP contribution in [0.4, 0.5) is 5.69 Å². The monoisotopic (exact) mass is 440 g/mol. The van der Waals surface area contributed by atoms with Crippen molar-refractivity contribution in [3.8, 4) is 0 Å². The van der Waals surface area contributed by atoms with Gasteiger partial charge in [-0.3, -0.25) is 4.79 Å². The fourth-order valence-corrected chi connectivity index (χ4v) is 4.34. The third-order valence-corrected chi connectivity index (χ3v) is 6.01. The maximum atomic E-state index is 12.4. The summed E-state index contributed by atoms with van der Waals surface area (Å²) < 4.78 is 27.1. The van der Waals surface area contributed by atoms with Crippen molar-refractivity contribution in [3.05, 3.63) is 56.5 Å². The van der Waals surface area contributed by atoms with Crippen LogP contribution in [0.2, 0.25) is 20.1 Å². The number of halogens is 4. The number of para-hydroxylation sites is 1. The molecule has 0 aliphatic rings. The van der Waals surface area contributed by atoms with E-state index in [9.17, 15) is 13.2 Å². The van der Waals surface area contributed by atoms with Gasteiger partial charge in [0.2, 0.25) is 15.9 Å². The van der Waals surface area contributed by atoms with Crippen molar-refractivity contribution in [1.29, 1.82) is 0 Å². The van der Waals surface area contributed by atoms with E-state index in [1.807, 2.05) is 0 Å². The number of anilines is 1. The van der Waals surface area contributed by atoms with Gasteiger partial charge in [-0.25, -0.2) is 8.42 Å². The van der Waals surface area contributed by atoms with E-state index in [4.69, 9.17) is 46.4 Å². The first-order chi connectivity index (χ1) is 11.6. The molecule has 10 heteroatoms. The van der Waals surface area contributed by atoms with E-state index in [-0.39, 0.29) is 30.7 Å². The number of rotatable bonds is 5. The maximum Gasteiger partial charge on any atom is 0.242 e. The lowest BCUT2D eigenvalue weighted by Gasteiger charge is -2.16. The molecule has 134 valence electrons. The molecule has 0 radical (unpaired) electrons. The maximum absolute atomic E-state index is 12.4. The first-order valence-corrected chi connectivity index (χ1v) is 9.83. The lowest BCUT2D eigenvalue weighted by Crippen LogP contribution is -2.41. The summed E-state index contributed by atoms with van der Waals surface area (Å²) in [5, 5.41) is 3.13. The number of nitrogens with one attached hydrogen (secondary N) is 2. The molecule has 0 aliphatic heterocycles. The highest BCUT2D eigenvalue weighted by Gasteiger charge is 2.25. The Morgan fingerprint density at radius 1 is 1.00 bits per heavy atom. The average Bonchev–Trinajstić information content (AvgIpc) is 2.52. The minimum absolute atomic E-state index is 0.0151. The van der Waals surface area contributed by atoms with Crippen molar-refractivity contribution in [2.75, 3.05) is 5.32 Å². The van der Waals surface area contributed by atoms with Gasteiger partial charge in [-0.2, -0.15) is 4.72 Å². The van der Waals surface area contributed by atoms with E-state index in [0.29, 0.717) is 0 Å². The Morgan fingerprint density at radius 2 is 1.60 bits per heavy atom. The summed E-state index contributed by atoms with van der Waals surface area (Å²) in [5.74, 6) is -0.642. The molecule has 1 atom stereocenters. The molecule has 0 aliphatic carbocycles. The second-order valence-electron chi connectivity index (χ2n) is 5.00. The summed E-state index contributed by atoms with van der Waals surface area (Å²) in [5.41, 5.74) is 0.197. The van der Waals surface area contributed by atoms with Crippen LogP contribution in [0.3, 0.4) is 0 Å². The molecule has 0 saturated carbocycles. The molecular formula is C15H12Cl4N2O3S. The van der Waals surface area contributed by atoms with Crippen molar-refractivity contribution < 1.29 is 13.2 Å². The predicted molar refractivity (Wildman–Crippen MR) is 101 cm³/mol. The van der Waals surface area contributed by atoms with Crippen LogP contribution >= 0.6 is 46.4 Å². The molecule has 0 spiro atoms. The van der Waals surface area contributed by atoms with Gasteiger partial charge in [0, 0.05) is 5.02 Å². The van der Waals surface area contributed by atoms with Crippen molar-refractivity contribution in [2.45, 2.75) is 17.9 Å². The molecule has 0 heterocycles. The normalized spacial score (nSPS) is 12.7. The van der Waals surface area contributed by atoms with Crippen LogP contribution in [0.5, 0.6) is 0 Å². The Bertz CT molecular complexity index is 899. The minimum atomic E-state index is -4.06. The van der Waals surface area contributed by atoms with Crippen LogP contribution < -0.4 is 10.0 Å². The Labute approximate surface area is 165 Å². The van der Waals surface area contributed by atoms with Crippen molar-refractivity contribution in [1.82, 2.24) is 4.72 Å². The summed E-state index contributed by atoms with van der Waals surface area (Å²) in [4.78, 5) is 12.0. The number of amides is 1. The molecule has 0 bridgehead atoms. The van der Waals surface area contributed by atoms with Gasteiger partial charge in [-0.15, -0.1) is 0 Å². The molecule has 5 nitrogen and oxygen atoms in total. The van der Waals surface area contributed by atoms with Gasteiger partial charge in [-0.05, 0) is 37.3 Å². The topological polar surface area (TPSA) is 75.3 Å². The molecule has 2 aromatic carbocycles. The van der Waals surface area contributed by atoms with E-state index in [2.05, 4.69) is 10.0 Å². The molecule has 25 heavy (non-hydrogen) atoms. The molecule has 1 amide bonds. The molecule has 0 fully saturated rings. The second kappa shape index (κ2) is 8.12. The highest BCUT2D eigenvalue weighted by Crippen LogP contribution is 2.30. The SMILES string of the molecule is C[C@@H](NS(=O)(=O)c1cc(Cl)ccc1Cl)C(=O)Nc1c(Cl)cccc1Cl. The van der Waals surface area contributed by atoms with Crippen molar-refractivity contribution in [2.24, 2.45) is 0 Å². The lowest BCUT2D eigenvalue weighted by molar-refractivity contribution is -0.117. The molecule has 0 saturated heterocycles. The van der Waals surface area contributed by atoms with Crippen LogP contribution in [-0.2, 0) is 14.8 Å². The Hall–Kier alpha value is -1.02. The highest BCUT2D eigenvalue weighted by atomic mass is 35.5. The van der Waals surface area contributed by atoms with E-state index < -0.39 is 22.0 Å². The Balaban J connectivity index is 2.19. The molecular weight excluding hydrogens is 430 g/mol. The van der Waals surface area contributed by atoms with E-state index in [1.165, 1.54) is 25.1 Å². The van der Waals surface area contributed by atoms with Gasteiger partial charge < -0.3 is 5.32 Å². The Morgan fingerprint density at radius 3 is 2.20 bits per heavy atom.